The van der Waals surface area contributed by atoms with Gasteiger partial charge in [-0.25, -0.2) is 9.78 Å². The Kier molecular flexibility index (Phi) is 8.60. The number of carbonyl (C=O) groups is 2. The molecule has 2 N–H and O–H groups in total. The summed E-state index contributed by atoms with van der Waals surface area (Å²) in [5, 5.41) is 14.6. The van der Waals surface area contributed by atoms with Gasteiger partial charge in [-0.05, 0) is 56.2 Å². The molecular weight excluding hydrogens is 432 g/mol. The quantitative estimate of drug-likeness (QED) is 0.423. The fourth-order valence-corrected chi connectivity index (χ4v) is 3.57. The van der Waals surface area contributed by atoms with E-state index in [1.165, 1.54) is 0 Å². The topological polar surface area (TPSA) is 112 Å². The summed E-state index contributed by atoms with van der Waals surface area (Å²) in [6, 6.07) is 13.9. The maximum atomic E-state index is 12.7. The third-order valence-corrected chi connectivity index (χ3v) is 5.31. The Morgan fingerprint density at radius 3 is 2.74 bits per heavy atom. The van der Waals surface area contributed by atoms with E-state index in [9.17, 15) is 9.59 Å². The summed E-state index contributed by atoms with van der Waals surface area (Å²) in [5.41, 5.74) is 3.23. The van der Waals surface area contributed by atoms with Crippen LogP contribution in [0.25, 0.3) is 11.0 Å². The van der Waals surface area contributed by atoms with Crippen molar-refractivity contribution in [2.24, 2.45) is 0 Å². The molecule has 0 unspecified atom stereocenters. The first-order valence-corrected chi connectivity index (χ1v) is 11.4. The maximum Gasteiger partial charge on any atom is 0.326 e. The van der Waals surface area contributed by atoms with E-state index in [0.717, 1.165) is 24.0 Å². The molecular formula is C25H30N6O3. The van der Waals surface area contributed by atoms with Gasteiger partial charge >= 0.3 is 6.03 Å². The molecule has 0 saturated carbocycles. The van der Waals surface area contributed by atoms with E-state index in [2.05, 4.69) is 21.7 Å². The number of amides is 3. The molecule has 0 spiro atoms. The van der Waals surface area contributed by atoms with E-state index in [4.69, 9.17) is 10.00 Å². The normalized spacial score (nSPS) is 10.6. The fraction of sp³-hybridized carbons (Fsp3) is 0.360. The first-order chi connectivity index (χ1) is 16.5. The van der Waals surface area contributed by atoms with Crippen molar-refractivity contribution in [1.82, 2.24) is 9.55 Å². The second kappa shape index (κ2) is 11.8. The van der Waals surface area contributed by atoms with Crippen LogP contribution < -0.4 is 15.5 Å². The van der Waals surface area contributed by atoms with Crippen LogP contribution in [0.4, 0.5) is 22.1 Å². The molecule has 3 aromatic rings. The van der Waals surface area contributed by atoms with Crippen LogP contribution in [0.15, 0.2) is 42.5 Å². The summed E-state index contributed by atoms with van der Waals surface area (Å²) in [4.78, 5) is 31.3. The molecule has 9 nitrogen and oxygen atoms in total. The number of ether oxygens (including phenoxy) is 1. The minimum atomic E-state index is -0.466. The number of nitriles is 1. The van der Waals surface area contributed by atoms with E-state index in [1.54, 1.807) is 36.2 Å². The van der Waals surface area contributed by atoms with E-state index in [-0.39, 0.29) is 5.91 Å². The van der Waals surface area contributed by atoms with Gasteiger partial charge in [0, 0.05) is 44.6 Å². The molecule has 34 heavy (non-hydrogen) atoms. The Morgan fingerprint density at radius 2 is 2.00 bits per heavy atom. The number of aromatic nitrogens is 2. The Bertz CT molecular complexity index is 1200. The number of anilines is 3. The van der Waals surface area contributed by atoms with Gasteiger partial charge in [0.2, 0.25) is 11.9 Å². The first kappa shape index (κ1) is 24.7. The van der Waals surface area contributed by atoms with Crippen LogP contribution in [0.1, 0.15) is 38.7 Å². The summed E-state index contributed by atoms with van der Waals surface area (Å²) >= 11 is 0. The lowest BCUT2D eigenvalue weighted by Gasteiger charge is -2.17. The summed E-state index contributed by atoms with van der Waals surface area (Å²) in [6.45, 7) is 5.75. The van der Waals surface area contributed by atoms with E-state index in [1.807, 2.05) is 36.6 Å². The minimum Gasteiger partial charge on any atom is -0.382 e. The number of imidazole rings is 1. The number of nitrogens with one attached hydrogen (secondary N) is 2. The Labute approximate surface area is 199 Å². The highest BCUT2D eigenvalue weighted by atomic mass is 16.5. The standard InChI is InChI=1S/C25H30N6O3/c1-4-8-23(32)30(3)20-11-12-22-21(16-20)28-24(31(22)13-7-14-34-5-2)29-25(33)27-19-10-6-9-18(15-19)17-26/h6,9-12,15-16H,4-5,7-8,13-14H2,1-3H3,(H2,27,28,29,33). The Hall–Kier alpha value is -3.90. The predicted molar refractivity (Wildman–Crippen MR) is 133 cm³/mol. The first-order valence-electron chi connectivity index (χ1n) is 11.4. The van der Waals surface area contributed by atoms with Crippen LogP contribution in [-0.2, 0) is 16.1 Å². The molecule has 2 aromatic carbocycles. The van der Waals surface area contributed by atoms with Crippen molar-refractivity contribution in [3.05, 3.63) is 48.0 Å². The zero-order valence-electron chi connectivity index (χ0n) is 19.8. The van der Waals surface area contributed by atoms with Crippen molar-refractivity contribution in [1.29, 1.82) is 5.26 Å². The molecule has 0 fully saturated rings. The second-order valence-corrected chi connectivity index (χ2v) is 7.79. The average molecular weight is 463 g/mol. The van der Waals surface area contributed by atoms with E-state index < -0.39 is 6.03 Å². The van der Waals surface area contributed by atoms with Gasteiger partial charge in [-0.2, -0.15) is 5.26 Å². The molecule has 0 radical (unpaired) electrons. The van der Waals surface area contributed by atoms with Crippen molar-refractivity contribution >= 4 is 40.3 Å². The number of fused-ring (bicyclic) bond motifs is 1. The Morgan fingerprint density at radius 1 is 1.18 bits per heavy atom. The number of rotatable bonds is 10. The van der Waals surface area contributed by atoms with Gasteiger partial charge in [0.25, 0.3) is 0 Å². The third-order valence-electron chi connectivity index (χ3n) is 5.31. The summed E-state index contributed by atoms with van der Waals surface area (Å²) in [5.74, 6) is 0.426. The number of benzene rings is 2. The van der Waals surface area contributed by atoms with Crippen molar-refractivity contribution < 1.29 is 14.3 Å². The highest BCUT2D eigenvalue weighted by Gasteiger charge is 2.16. The SMILES string of the molecule is CCCC(=O)N(C)c1ccc2c(c1)nc(NC(=O)Nc1cccc(C#N)c1)n2CCCOCC. The largest absolute Gasteiger partial charge is 0.382 e. The number of hydrogen-bond acceptors (Lipinski definition) is 5. The molecule has 0 aliphatic heterocycles. The molecule has 0 aliphatic carbocycles. The van der Waals surface area contributed by atoms with Crippen LogP contribution in [0.5, 0.6) is 0 Å². The Balaban J connectivity index is 1.86. The minimum absolute atomic E-state index is 0.0373. The molecule has 0 aliphatic rings. The van der Waals surface area contributed by atoms with Crippen molar-refractivity contribution in [2.75, 3.05) is 35.8 Å². The monoisotopic (exact) mass is 462 g/mol. The number of aryl methyl sites for hydroxylation is 1. The van der Waals surface area contributed by atoms with Gasteiger partial charge in [-0.1, -0.05) is 13.0 Å². The molecule has 0 saturated heterocycles. The third kappa shape index (κ3) is 6.11. The van der Waals surface area contributed by atoms with Gasteiger partial charge < -0.3 is 19.5 Å². The van der Waals surface area contributed by atoms with Crippen LogP contribution >= 0.6 is 0 Å². The van der Waals surface area contributed by atoms with Gasteiger partial charge in [0.1, 0.15) is 0 Å². The van der Waals surface area contributed by atoms with Crippen molar-refractivity contribution in [2.45, 2.75) is 39.7 Å². The zero-order chi connectivity index (χ0) is 24.5. The van der Waals surface area contributed by atoms with Crippen LogP contribution in [-0.4, -0.2) is 41.8 Å². The number of nitrogens with zero attached hydrogens (tertiary/aromatic N) is 4. The highest BCUT2D eigenvalue weighted by Crippen LogP contribution is 2.26. The van der Waals surface area contributed by atoms with Crippen molar-refractivity contribution in [3.63, 3.8) is 0 Å². The van der Waals surface area contributed by atoms with Gasteiger partial charge in [-0.15, -0.1) is 0 Å². The van der Waals surface area contributed by atoms with E-state index in [0.29, 0.717) is 48.9 Å². The smallest absolute Gasteiger partial charge is 0.326 e. The van der Waals surface area contributed by atoms with Gasteiger partial charge in [0.05, 0.1) is 22.7 Å². The summed E-state index contributed by atoms with van der Waals surface area (Å²) in [7, 11) is 1.75. The predicted octanol–water partition coefficient (Wildman–Crippen LogP) is 4.74. The molecule has 9 heteroatoms. The van der Waals surface area contributed by atoms with Gasteiger partial charge in [0.15, 0.2) is 0 Å². The lowest BCUT2D eigenvalue weighted by atomic mass is 10.2. The van der Waals surface area contributed by atoms with E-state index >= 15 is 0 Å². The number of hydrogen-bond donors (Lipinski definition) is 2. The highest BCUT2D eigenvalue weighted by molar-refractivity contribution is 6.00. The van der Waals surface area contributed by atoms with Gasteiger partial charge in [-0.3, -0.25) is 10.1 Å². The lowest BCUT2D eigenvalue weighted by molar-refractivity contribution is -0.118. The molecule has 1 aromatic heterocycles. The lowest BCUT2D eigenvalue weighted by Crippen LogP contribution is -2.25. The van der Waals surface area contributed by atoms with Crippen LogP contribution in [0.2, 0.25) is 0 Å². The summed E-state index contributed by atoms with van der Waals surface area (Å²) in [6.07, 6.45) is 2.00. The zero-order valence-corrected chi connectivity index (χ0v) is 19.8. The van der Waals surface area contributed by atoms with Crippen LogP contribution in [0.3, 0.4) is 0 Å². The molecule has 0 bridgehead atoms. The molecule has 0 atom stereocenters. The molecule has 3 rings (SSSR count). The second-order valence-electron chi connectivity index (χ2n) is 7.79. The molecule has 3 amide bonds. The maximum absolute atomic E-state index is 12.7. The van der Waals surface area contributed by atoms with Crippen LogP contribution in [0, 0.1) is 11.3 Å². The number of carbonyl (C=O) groups excluding carboxylic acids is 2. The average Bonchev–Trinajstić information content (AvgIpc) is 3.17. The molecule has 178 valence electrons. The fourth-order valence-electron chi connectivity index (χ4n) is 3.57. The van der Waals surface area contributed by atoms with Crippen molar-refractivity contribution in [3.8, 4) is 6.07 Å². The molecule has 1 heterocycles. The summed E-state index contributed by atoms with van der Waals surface area (Å²) < 4.78 is 7.39. The number of urea groups is 1.